The van der Waals surface area contributed by atoms with E-state index in [2.05, 4.69) is 84.7 Å². The van der Waals surface area contributed by atoms with Gasteiger partial charge in [0.05, 0.1) is 6.04 Å². The fourth-order valence-corrected chi connectivity index (χ4v) is 4.35. The van der Waals surface area contributed by atoms with Gasteiger partial charge >= 0.3 is 0 Å². The zero-order chi connectivity index (χ0) is 14.7. The lowest BCUT2D eigenvalue weighted by Crippen LogP contribution is -2.26. The predicted octanol–water partition coefficient (Wildman–Crippen LogP) is 4.99. The highest BCUT2D eigenvalue weighted by Gasteiger charge is 2.42. The Bertz CT molecular complexity index is 880. The highest BCUT2D eigenvalue weighted by Crippen LogP contribution is 2.57. The van der Waals surface area contributed by atoms with Crippen molar-refractivity contribution in [1.29, 1.82) is 0 Å². The Morgan fingerprint density at radius 2 is 1.18 bits per heavy atom. The standard InChI is InChI=1S/C21H17N/c1-22-19-13-7-6-12-18(19)20-16-10-4-2-8-14(16)15-9-3-5-11-17(15)21(20)22/h2-13,20-21H,1H3. The highest BCUT2D eigenvalue weighted by atomic mass is 15.2. The van der Waals surface area contributed by atoms with Crippen molar-refractivity contribution < 1.29 is 0 Å². The van der Waals surface area contributed by atoms with Crippen molar-refractivity contribution in [2.75, 3.05) is 11.9 Å². The van der Waals surface area contributed by atoms with E-state index in [0.29, 0.717) is 12.0 Å². The molecule has 0 radical (unpaired) electrons. The first-order chi connectivity index (χ1) is 10.9. The van der Waals surface area contributed by atoms with E-state index >= 15 is 0 Å². The van der Waals surface area contributed by atoms with E-state index in [1.165, 1.54) is 33.5 Å². The number of para-hydroxylation sites is 1. The summed E-state index contributed by atoms with van der Waals surface area (Å²) in [7, 11) is 2.23. The third-order valence-electron chi connectivity index (χ3n) is 5.25. The summed E-state index contributed by atoms with van der Waals surface area (Å²) in [6.07, 6.45) is 0. The van der Waals surface area contributed by atoms with Crippen molar-refractivity contribution in [3.63, 3.8) is 0 Å². The molecule has 2 aliphatic rings. The van der Waals surface area contributed by atoms with Crippen LogP contribution in [0.25, 0.3) is 11.1 Å². The van der Waals surface area contributed by atoms with Gasteiger partial charge in [-0.1, -0.05) is 66.7 Å². The van der Waals surface area contributed by atoms with Crippen LogP contribution in [-0.4, -0.2) is 7.05 Å². The van der Waals surface area contributed by atoms with E-state index in [1.54, 1.807) is 0 Å². The normalized spacial score (nSPS) is 20.9. The maximum absolute atomic E-state index is 2.45. The number of hydrogen-bond donors (Lipinski definition) is 0. The maximum Gasteiger partial charge on any atom is 0.0655 e. The SMILES string of the molecule is CN1c2ccccc2C2c3ccccc3-c3ccccc3C21. The van der Waals surface area contributed by atoms with Crippen molar-refractivity contribution >= 4 is 5.69 Å². The van der Waals surface area contributed by atoms with Crippen LogP contribution in [0.15, 0.2) is 72.8 Å². The van der Waals surface area contributed by atoms with E-state index in [4.69, 9.17) is 0 Å². The van der Waals surface area contributed by atoms with Crippen molar-refractivity contribution in [2.45, 2.75) is 12.0 Å². The van der Waals surface area contributed by atoms with Gasteiger partial charge in [-0.3, -0.25) is 0 Å². The molecule has 0 spiro atoms. The smallest absolute Gasteiger partial charge is 0.0655 e. The minimum absolute atomic E-state index is 0.406. The monoisotopic (exact) mass is 283 g/mol. The third-order valence-corrected chi connectivity index (χ3v) is 5.25. The van der Waals surface area contributed by atoms with Gasteiger partial charge in [0.2, 0.25) is 0 Å². The van der Waals surface area contributed by atoms with E-state index in [-0.39, 0.29) is 0 Å². The van der Waals surface area contributed by atoms with Crippen LogP contribution < -0.4 is 4.90 Å². The van der Waals surface area contributed by atoms with E-state index in [0.717, 1.165) is 0 Å². The fourth-order valence-electron chi connectivity index (χ4n) is 4.35. The summed E-state index contributed by atoms with van der Waals surface area (Å²) >= 11 is 0. The Morgan fingerprint density at radius 1 is 0.636 bits per heavy atom. The summed E-state index contributed by atoms with van der Waals surface area (Å²) in [6, 6.07) is 27.0. The summed E-state index contributed by atoms with van der Waals surface area (Å²) < 4.78 is 0. The Kier molecular flexibility index (Phi) is 2.32. The van der Waals surface area contributed by atoms with Crippen LogP contribution in [0.4, 0.5) is 5.69 Å². The minimum atomic E-state index is 0.406. The topological polar surface area (TPSA) is 3.24 Å². The van der Waals surface area contributed by atoms with Gasteiger partial charge in [0, 0.05) is 18.7 Å². The van der Waals surface area contributed by atoms with E-state index in [1.807, 2.05) is 0 Å². The van der Waals surface area contributed by atoms with E-state index in [9.17, 15) is 0 Å². The molecule has 5 rings (SSSR count). The second kappa shape index (κ2) is 4.23. The number of anilines is 1. The molecular weight excluding hydrogens is 266 g/mol. The fraction of sp³-hybridized carbons (Fsp3) is 0.143. The second-order valence-electron chi connectivity index (χ2n) is 6.27. The quantitative estimate of drug-likeness (QED) is 0.562. The maximum atomic E-state index is 2.45. The molecule has 106 valence electrons. The number of hydrogen-bond acceptors (Lipinski definition) is 1. The minimum Gasteiger partial charge on any atom is -0.366 e. The van der Waals surface area contributed by atoms with Gasteiger partial charge in [0.25, 0.3) is 0 Å². The van der Waals surface area contributed by atoms with Crippen LogP contribution in [0.5, 0.6) is 0 Å². The van der Waals surface area contributed by atoms with Gasteiger partial charge in [0.1, 0.15) is 0 Å². The molecule has 1 heterocycles. The summed E-state index contributed by atoms with van der Waals surface area (Å²) in [5, 5.41) is 0. The Morgan fingerprint density at radius 3 is 1.95 bits per heavy atom. The van der Waals surface area contributed by atoms with Gasteiger partial charge < -0.3 is 4.90 Å². The molecule has 1 nitrogen and oxygen atoms in total. The van der Waals surface area contributed by atoms with Crippen molar-refractivity contribution in [3.05, 3.63) is 89.5 Å². The molecule has 22 heavy (non-hydrogen) atoms. The van der Waals surface area contributed by atoms with Crippen molar-refractivity contribution in [2.24, 2.45) is 0 Å². The molecule has 2 atom stereocenters. The average molecular weight is 283 g/mol. The lowest BCUT2D eigenvalue weighted by molar-refractivity contribution is 0.632. The van der Waals surface area contributed by atoms with E-state index < -0.39 is 0 Å². The van der Waals surface area contributed by atoms with Crippen LogP contribution in [0.2, 0.25) is 0 Å². The molecular formula is C21H17N. The molecule has 0 N–H and O–H groups in total. The molecule has 0 saturated carbocycles. The zero-order valence-electron chi connectivity index (χ0n) is 12.5. The average Bonchev–Trinajstić information content (AvgIpc) is 2.89. The number of fused-ring (bicyclic) bond motifs is 8. The van der Waals surface area contributed by atoms with Crippen LogP contribution in [0.1, 0.15) is 28.7 Å². The molecule has 1 aliphatic carbocycles. The summed E-state index contributed by atoms with van der Waals surface area (Å²) in [4.78, 5) is 2.45. The van der Waals surface area contributed by atoms with Crippen LogP contribution >= 0.6 is 0 Å². The molecule has 0 fully saturated rings. The summed E-state index contributed by atoms with van der Waals surface area (Å²) in [5.41, 5.74) is 8.51. The Balaban J connectivity index is 1.88. The number of benzene rings is 3. The van der Waals surface area contributed by atoms with Crippen LogP contribution in [0, 0.1) is 0 Å². The largest absolute Gasteiger partial charge is 0.366 e. The third kappa shape index (κ3) is 1.38. The second-order valence-corrected chi connectivity index (χ2v) is 6.27. The van der Waals surface area contributed by atoms with Gasteiger partial charge in [0.15, 0.2) is 0 Å². The Labute approximate surface area is 130 Å². The molecule has 0 amide bonds. The molecule has 3 aromatic rings. The van der Waals surface area contributed by atoms with Gasteiger partial charge in [-0.05, 0) is 33.9 Å². The van der Waals surface area contributed by atoms with Crippen LogP contribution in [-0.2, 0) is 0 Å². The first kappa shape index (κ1) is 12.0. The number of nitrogens with zero attached hydrogens (tertiary/aromatic N) is 1. The molecule has 2 unspecified atom stereocenters. The van der Waals surface area contributed by atoms with Gasteiger partial charge in [-0.15, -0.1) is 0 Å². The van der Waals surface area contributed by atoms with Crippen LogP contribution in [0.3, 0.4) is 0 Å². The lowest BCUT2D eigenvalue weighted by Gasteiger charge is -2.35. The van der Waals surface area contributed by atoms with Crippen molar-refractivity contribution in [3.8, 4) is 11.1 Å². The number of rotatable bonds is 0. The zero-order valence-corrected chi connectivity index (χ0v) is 12.5. The molecule has 0 bridgehead atoms. The molecule has 3 aromatic carbocycles. The molecule has 0 aromatic heterocycles. The summed E-state index contributed by atoms with van der Waals surface area (Å²) in [6.45, 7) is 0. The first-order valence-corrected chi connectivity index (χ1v) is 7.86. The Hall–Kier alpha value is -2.54. The molecule has 0 saturated heterocycles. The van der Waals surface area contributed by atoms with Gasteiger partial charge in [-0.2, -0.15) is 0 Å². The number of likely N-dealkylation sites (N-methyl/N-ethyl adjacent to an activating group) is 1. The van der Waals surface area contributed by atoms with Gasteiger partial charge in [-0.25, -0.2) is 0 Å². The molecule has 1 heteroatoms. The lowest BCUT2D eigenvalue weighted by atomic mass is 9.74. The summed E-state index contributed by atoms with van der Waals surface area (Å²) in [5.74, 6) is 0.437. The first-order valence-electron chi connectivity index (χ1n) is 7.86. The highest BCUT2D eigenvalue weighted by molar-refractivity contribution is 5.80. The predicted molar refractivity (Wildman–Crippen MR) is 91.3 cm³/mol. The molecule has 1 aliphatic heterocycles. The van der Waals surface area contributed by atoms with Crippen molar-refractivity contribution in [1.82, 2.24) is 0 Å².